The van der Waals surface area contributed by atoms with Gasteiger partial charge in [0.2, 0.25) is 15.9 Å². The summed E-state index contributed by atoms with van der Waals surface area (Å²) in [6.07, 6.45) is 2.66. The van der Waals surface area contributed by atoms with E-state index >= 15 is 0 Å². The molecule has 26 heavy (non-hydrogen) atoms. The molecule has 2 aliphatic rings. The molecule has 3 rings (SSSR count). The lowest BCUT2D eigenvalue weighted by atomic mass is 9.93. The normalized spacial score (nSPS) is 20.3. The van der Waals surface area contributed by atoms with Gasteiger partial charge in [-0.1, -0.05) is 12.1 Å². The van der Waals surface area contributed by atoms with Crippen molar-refractivity contribution in [3.63, 3.8) is 0 Å². The van der Waals surface area contributed by atoms with Crippen molar-refractivity contribution in [2.45, 2.75) is 30.6 Å². The van der Waals surface area contributed by atoms with Crippen LogP contribution in [0.25, 0.3) is 0 Å². The monoisotopic (exact) mass is 384 g/mol. The first-order valence-corrected chi connectivity index (χ1v) is 10.5. The number of morpholine rings is 1. The summed E-state index contributed by atoms with van der Waals surface area (Å²) in [5.41, 5.74) is 0. The van der Waals surface area contributed by atoms with Crippen LogP contribution in [0.3, 0.4) is 0 Å². The molecule has 0 atom stereocenters. The minimum Gasteiger partial charge on any atom is -0.378 e. The van der Waals surface area contributed by atoms with Crippen LogP contribution in [-0.2, 0) is 19.6 Å². The van der Waals surface area contributed by atoms with Crippen LogP contribution in [0.4, 0.5) is 4.39 Å². The van der Waals surface area contributed by atoms with Crippen molar-refractivity contribution in [3.05, 3.63) is 30.1 Å². The highest BCUT2D eigenvalue weighted by Gasteiger charge is 2.31. The molecular weight excluding hydrogens is 359 g/mol. The van der Waals surface area contributed by atoms with E-state index in [1.54, 1.807) is 0 Å². The maximum absolute atomic E-state index is 13.8. The molecule has 2 aliphatic heterocycles. The van der Waals surface area contributed by atoms with Crippen LogP contribution in [0.5, 0.6) is 0 Å². The van der Waals surface area contributed by atoms with Crippen LogP contribution in [0.15, 0.2) is 29.2 Å². The fourth-order valence-corrected chi connectivity index (χ4v) is 5.06. The van der Waals surface area contributed by atoms with E-state index in [0.717, 1.165) is 12.5 Å². The average molecular weight is 384 g/mol. The van der Waals surface area contributed by atoms with E-state index in [1.165, 1.54) is 22.5 Å². The average Bonchev–Trinajstić information content (AvgIpc) is 2.67. The van der Waals surface area contributed by atoms with E-state index in [4.69, 9.17) is 4.74 Å². The third-order valence-corrected chi connectivity index (χ3v) is 7.09. The van der Waals surface area contributed by atoms with Gasteiger partial charge in [0.1, 0.15) is 10.7 Å². The summed E-state index contributed by atoms with van der Waals surface area (Å²) < 4.78 is 45.7. The van der Waals surface area contributed by atoms with E-state index < -0.39 is 15.8 Å². The summed E-state index contributed by atoms with van der Waals surface area (Å²) in [7, 11) is -3.80. The standard InChI is InChI=1S/C18H25FN2O4S/c19-16-3-1-2-4-17(16)26(23,24)21-9-7-15(8-10-21)5-6-18(22)20-11-13-25-14-12-20/h1-4,15H,5-14H2. The van der Waals surface area contributed by atoms with E-state index in [2.05, 4.69) is 0 Å². The number of hydrogen-bond acceptors (Lipinski definition) is 4. The molecule has 0 aliphatic carbocycles. The molecule has 6 nitrogen and oxygen atoms in total. The molecule has 2 saturated heterocycles. The van der Waals surface area contributed by atoms with Gasteiger partial charge in [-0.05, 0) is 37.3 Å². The number of sulfonamides is 1. The molecule has 8 heteroatoms. The number of benzene rings is 1. The number of hydrogen-bond donors (Lipinski definition) is 0. The van der Waals surface area contributed by atoms with Crippen LogP contribution in [0.1, 0.15) is 25.7 Å². The third kappa shape index (κ3) is 4.42. The predicted molar refractivity (Wildman–Crippen MR) is 94.5 cm³/mol. The molecule has 2 fully saturated rings. The molecule has 0 spiro atoms. The lowest BCUT2D eigenvalue weighted by Crippen LogP contribution is -2.41. The number of amides is 1. The maximum atomic E-state index is 13.8. The number of ether oxygens (including phenoxy) is 1. The van der Waals surface area contributed by atoms with Crippen molar-refractivity contribution in [2.24, 2.45) is 5.92 Å². The van der Waals surface area contributed by atoms with Gasteiger partial charge in [-0.15, -0.1) is 0 Å². The molecule has 0 radical (unpaired) electrons. The van der Waals surface area contributed by atoms with Crippen LogP contribution in [0, 0.1) is 11.7 Å². The van der Waals surface area contributed by atoms with Crippen LogP contribution >= 0.6 is 0 Å². The Balaban J connectivity index is 1.49. The van der Waals surface area contributed by atoms with Crippen molar-refractivity contribution in [1.82, 2.24) is 9.21 Å². The Morgan fingerprint density at radius 1 is 1.12 bits per heavy atom. The second-order valence-corrected chi connectivity index (χ2v) is 8.72. The maximum Gasteiger partial charge on any atom is 0.245 e. The molecule has 0 saturated carbocycles. The van der Waals surface area contributed by atoms with E-state index in [9.17, 15) is 17.6 Å². The van der Waals surface area contributed by atoms with Gasteiger partial charge in [0.15, 0.2) is 0 Å². The SMILES string of the molecule is O=C(CCC1CCN(S(=O)(=O)c2ccccc2F)CC1)N1CCOCC1. The molecule has 1 aromatic rings. The van der Waals surface area contributed by atoms with Gasteiger partial charge < -0.3 is 9.64 Å². The Bertz CT molecular complexity index is 726. The molecular formula is C18H25FN2O4S. The van der Waals surface area contributed by atoms with E-state index in [-0.39, 0.29) is 10.8 Å². The zero-order valence-corrected chi connectivity index (χ0v) is 15.6. The number of nitrogens with zero attached hydrogens (tertiary/aromatic N) is 2. The molecule has 1 aromatic carbocycles. The first-order valence-electron chi connectivity index (χ1n) is 9.08. The van der Waals surface area contributed by atoms with Crippen LogP contribution in [0.2, 0.25) is 0 Å². The Morgan fingerprint density at radius 3 is 2.42 bits per heavy atom. The van der Waals surface area contributed by atoms with Crippen LogP contribution in [-0.4, -0.2) is 62.9 Å². The molecule has 0 N–H and O–H groups in total. The molecule has 0 aromatic heterocycles. The lowest BCUT2D eigenvalue weighted by molar-refractivity contribution is -0.135. The zero-order chi connectivity index (χ0) is 18.6. The fraction of sp³-hybridized carbons (Fsp3) is 0.611. The predicted octanol–water partition coefficient (Wildman–Crippen LogP) is 1.87. The van der Waals surface area contributed by atoms with Crippen molar-refractivity contribution in [2.75, 3.05) is 39.4 Å². The van der Waals surface area contributed by atoms with Gasteiger partial charge in [-0.2, -0.15) is 4.31 Å². The number of rotatable bonds is 5. The molecule has 2 heterocycles. The first kappa shape index (κ1) is 19.3. The highest BCUT2D eigenvalue weighted by Crippen LogP contribution is 2.27. The second-order valence-electron chi connectivity index (χ2n) is 6.81. The summed E-state index contributed by atoms with van der Waals surface area (Å²) in [4.78, 5) is 13.8. The third-order valence-electron chi connectivity index (χ3n) is 5.16. The molecule has 0 bridgehead atoms. The zero-order valence-electron chi connectivity index (χ0n) is 14.8. The van der Waals surface area contributed by atoms with Crippen molar-refractivity contribution in [3.8, 4) is 0 Å². The lowest BCUT2D eigenvalue weighted by Gasteiger charge is -2.32. The summed E-state index contributed by atoms with van der Waals surface area (Å²) in [5, 5.41) is 0. The number of carbonyl (C=O) groups is 1. The van der Waals surface area contributed by atoms with E-state index in [0.29, 0.717) is 64.6 Å². The van der Waals surface area contributed by atoms with E-state index in [1.807, 2.05) is 4.90 Å². The fourth-order valence-electron chi connectivity index (χ4n) is 3.53. The number of piperidine rings is 1. The van der Waals surface area contributed by atoms with Gasteiger partial charge in [0.25, 0.3) is 0 Å². The van der Waals surface area contributed by atoms with Gasteiger partial charge >= 0.3 is 0 Å². The molecule has 144 valence electrons. The summed E-state index contributed by atoms with van der Waals surface area (Å²) in [5.74, 6) is -0.243. The topological polar surface area (TPSA) is 66.9 Å². The van der Waals surface area contributed by atoms with Crippen molar-refractivity contribution in [1.29, 1.82) is 0 Å². The second kappa shape index (κ2) is 8.45. The van der Waals surface area contributed by atoms with Gasteiger partial charge in [0, 0.05) is 32.6 Å². The summed E-state index contributed by atoms with van der Waals surface area (Å²) in [6, 6.07) is 5.47. The van der Waals surface area contributed by atoms with Crippen molar-refractivity contribution >= 4 is 15.9 Å². The van der Waals surface area contributed by atoms with Gasteiger partial charge in [0.05, 0.1) is 13.2 Å². The Kier molecular flexibility index (Phi) is 6.26. The number of halogens is 1. The highest BCUT2D eigenvalue weighted by molar-refractivity contribution is 7.89. The Labute approximate surface area is 154 Å². The smallest absolute Gasteiger partial charge is 0.245 e. The quantitative estimate of drug-likeness (QED) is 0.777. The summed E-state index contributed by atoms with van der Waals surface area (Å²) >= 11 is 0. The van der Waals surface area contributed by atoms with Gasteiger partial charge in [-0.25, -0.2) is 12.8 Å². The minimum atomic E-state index is -3.80. The Morgan fingerprint density at radius 2 is 1.77 bits per heavy atom. The number of carbonyl (C=O) groups excluding carboxylic acids is 1. The largest absolute Gasteiger partial charge is 0.378 e. The highest BCUT2D eigenvalue weighted by atomic mass is 32.2. The molecule has 0 unspecified atom stereocenters. The first-order chi connectivity index (χ1) is 12.5. The Hall–Kier alpha value is -1.51. The molecule has 1 amide bonds. The summed E-state index contributed by atoms with van der Waals surface area (Å²) in [6.45, 7) is 3.23. The van der Waals surface area contributed by atoms with Crippen LogP contribution < -0.4 is 0 Å². The minimum absolute atomic E-state index is 0.148. The van der Waals surface area contributed by atoms with Crippen molar-refractivity contribution < 1.29 is 22.3 Å². The van der Waals surface area contributed by atoms with Gasteiger partial charge in [-0.3, -0.25) is 4.79 Å².